The number of hydrogen-bond donors (Lipinski definition) is 1. The first-order valence-electron chi connectivity index (χ1n) is 7.80. The molecule has 2 aromatic carbocycles. The third-order valence-corrected chi connectivity index (χ3v) is 4.33. The minimum Gasteiger partial charge on any atom is -0.465 e. The molecule has 0 saturated heterocycles. The molecule has 0 saturated carbocycles. The van der Waals surface area contributed by atoms with Crippen LogP contribution < -0.4 is 4.90 Å². The van der Waals surface area contributed by atoms with Crippen molar-refractivity contribution >= 4 is 50.9 Å². The van der Waals surface area contributed by atoms with Crippen molar-refractivity contribution in [3.8, 4) is 0 Å². The van der Waals surface area contributed by atoms with Crippen LogP contribution in [0.15, 0.2) is 53.0 Å². The van der Waals surface area contributed by atoms with Gasteiger partial charge in [-0.25, -0.2) is 14.1 Å². The lowest BCUT2D eigenvalue weighted by Gasteiger charge is -2.27. The highest BCUT2D eigenvalue weighted by molar-refractivity contribution is 9.10. The summed E-state index contributed by atoms with van der Waals surface area (Å²) in [6.45, 7) is 0.164. The fraction of sp³-hybridized carbons (Fsp3) is 0.222. The smallest absolute Gasteiger partial charge is 0.414 e. The Hall–Kier alpha value is -2.12. The molecule has 1 N–H and O–H groups in total. The Labute approximate surface area is 164 Å². The number of carboxylic acid groups (broad SMARTS) is 1. The number of hydrogen-bond acceptors (Lipinski definition) is 3. The van der Waals surface area contributed by atoms with Crippen LogP contribution in [-0.4, -0.2) is 41.0 Å². The lowest BCUT2D eigenvalue weighted by Crippen LogP contribution is -2.41. The highest BCUT2D eigenvalue weighted by atomic mass is 79.9. The molecule has 2 rings (SSSR count). The quantitative estimate of drug-likeness (QED) is 0.621. The van der Waals surface area contributed by atoms with E-state index in [0.29, 0.717) is 5.69 Å². The maximum atomic E-state index is 13.3. The number of halogens is 3. The number of carbonyl (C=O) groups excluding carboxylic acids is 1. The molecule has 0 aliphatic carbocycles. The van der Waals surface area contributed by atoms with Crippen molar-refractivity contribution in [2.75, 3.05) is 23.9 Å². The van der Waals surface area contributed by atoms with Gasteiger partial charge in [-0.15, -0.1) is 11.6 Å². The van der Waals surface area contributed by atoms with E-state index in [1.807, 2.05) is 29.2 Å². The van der Waals surface area contributed by atoms with Gasteiger partial charge in [0.2, 0.25) is 5.91 Å². The van der Waals surface area contributed by atoms with Crippen molar-refractivity contribution in [3.05, 3.63) is 58.8 Å². The highest BCUT2D eigenvalue weighted by Gasteiger charge is 2.21. The lowest BCUT2D eigenvalue weighted by molar-refractivity contribution is -0.128. The van der Waals surface area contributed by atoms with Gasteiger partial charge in [0.15, 0.2) is 0 Å². The predicted octanol–water partition coefficient (Wildman–Crippen LogP) is 4.86. The summed E-state index contributed by atoms with van der Waals surface area (Å²) in [5.74, 6) is -0.871. The SMILES string of the molecule is O=C(O)N(CCN(c1ccc(F)cc1)c1cccc(Br)c1)C(=O)CCCl. The summed E-state index contributed by atoms with van der Waals surface area (Å²) < 4.78 is 14.1. The van der Waals surface area contributed by atoms with E-state index in [9.17, 15) is 19.1 Å². The summed E-state index contributed by atoms with van der Waals surface area (Å²) in [6, 6.07) is 13.3. The minimum atomic E-state index is -1.33. The van der Waals surface area contributed by atoms with Crippen molar-refractivity contribution in [1.29, 1.82) is 0 Å². The van der Waals surface area contributed by atoms with Crippen LogP contribution in [0.5, 0.6) is 0 Å². The Bertz CT molecular complexity index is 773. The van der Waals surface area contributed by atoms with Crippen molar-refractivity contribution in [2.24, 2.45) is 0 Å². The number of alkyl halides is 1. The van der Waals surface area contributed by atoms with Crippen LogP contribution in [-0.2, 0) is 4.79 Å². The molecule has 0 aliphatic rings. The Morgan fingerprint density at radius 3 is 2.35 bits per heavy atom. The molecule has 2 amide bonds. The molecule has 0 radical (unpaired) electrons. The summed E-state index contributed by atoms with van der Waals surface area (Å²) in [5, 5.41) is 9.29. The second-order valence-electron chi connectivity index (χ2n) is 5.37. The zero-order valence-electron chi connectivity index (χ0n) is 13.7. The third-order valence-electron chi connectivity index (χ3n) is 3.65. The molecule has 0 aromatic heterocycles. The van der Waals surface area contributed by atoms with Crippen LogP contribution in [0.1, 0.15) is 6.42 Å². The first kappa shape index (κ1) is 20.2. The molecule has 5 nitrogen and oxygen atoms in total. The first-order chi connectivity index (χ1) is 12.4. The van der Waals surface area contributed by atoms with Gasteiger partial charge in [0.25, 0.3) is 0 Å². The van der Waals surface area contributed by atoms with Gasteiger partial charge in [0, 0.05) is 41.2 Å². The first-order valence-corrected chi connectivity index (χ1v) is 9.13. The molecule has 2 aromatic rings. The standard InChI is InChI=1S/C18H17BrClFN2O3/c19-13-2-1-3-16(12-13)22(15-6-4-14(21)5-7-15)10-11-23(18(25)26)17(24)8-9-20/h1-7,12H,8-11H2,(H,25,26). The predicted molar refractivity (Wildman–Crippen MR) is 103 cm³/mol. The number of benzene rings is 2. The topological polar surface area (TPSA) is 60.9 Å². The third kappa shape index (κ3) is 5.44. The van der Waals surface area contributed by atoms with Crippen LogP contribution in [0.2, 0.25) is 0 Å². The Morgan fingerprint density at radius 1 is 1.08 bits per heavy atom. The number of carbonyl (C=O) groups is 2. The van der Waals surface area contributed by atoms with Gasteiger partial charge in [-0.2, -0.15) is 0 Å². The highest BCUT2D eigenvalue weighted by Crippen LogP contribution is 2.27. The molecule has 0 unspecified atom stereocenters. The van der Waals surface area contributed by atoms with E-state index in [4.69, 9.17) is 11.6 Å². The second-order valence-corrected chi connectivity index (χ2v) is 6.67. The summed E-state index contributed by atoms with van der Waals surface area (Å²) in [4.78, 5) is 25.9. The zero-order chi connectivity index (χ0) is 19.1. The fourth-order valence-electron chi connectivity index (χ4n) is 2.42. The van der Waals surface area contributed by atoms with E-state index in [1.54, 1.807) is 12.1 Å². The number of rotatable bonds is 7. The summed E-state index contributed by atoms with van der Waals surface area (Å²) in [5.41, 5.74) is 1.46. The van der Waals surface area contributed by atoms with Gasteiger partial charge in [-0.3, -0.25) is 4.79 Å². The zero-order valence-corrected chi connectivity index (χ0v) is 16.1. The van der Waals surface area contributed by atoms with Crippen molar-refractivity contribution in [1.82, 2.24) is 4.90 Å². The van der Waals surface area contributed by atoms with E-state index < -0.39 is 12.0 Å². The Morgan fingerprint density at radius 2 is 1.77 bits per heavy atom. The number of amides is 2. The molecule has 8 heteroatoms. The number of nitrogens with zero attached hydrogens (tertiary/aromatic N) is 2. The van der Waals surface area contributed by atoms with E-state index in [-0.39, 0.29) is 31.2 Å². The fourth-order valence-corrected chi connectivity index (χ4v) is 2.96. The van der Waals surface area contributed by atoms with Crippen molar-refractivity contribution in [2.45, 2.75) is 6.42 Å². The molecule has 26 heavy (non-hydrogen) atoms. The largest absolute Gasteiger partial charge is 0.465 e. The van der Waals surface area contributed by atoms with E-state index in [2.05, 4.69) is 15.9 Å². The molecule has 0 spiro atoms. The average Bonchev–Trinajstić information content (AvgIpc) is 2.59. The number of anilines is 2. The maximum absolute atomic E-state index is 13.3. The van der Waals surface area contributed by atoms with Gasteiger partial charge in [-0.1, -0.05) is 22.0 Å². The Balaban J connectivity index is 2.27. The van der Waals surface area contributed by atoms with Gasteiger partial charge in [0.05, 0.1) is 0 Å². The lowest BCUT2D eigenvalue weighted by atomic mass is 10.2. The van der Waals surface area contributed by atoms with Crippen molar-refractivity contribution in [3.63, 3.8) is 0 Å². The molecular weight excluding hydrogens is 427 g/mol. The van der Waals surface area contributed by atoms with Crippen molar-refractivity contribution < 1.29 is 19.1 Å². The van der Waals surface area contributed by atoms with Crippen LogP contribution in [0.3, 0.4) is 0 Å². The van der Waals surface area contributed by atoms with Gasteiger partial charge in [0.1, 0.15) is 5.82 Å². The van der Waals surface area contributed by atoms with Gasteiger partial charge in [-0.05, 0) is 42.5 Å². The van der Waals surface area contributed by atoms with E-state index in [1.165, 1.54) is 12.1 Å². The molecular formula is C18H17BrClFN2O3. The molecule has 0 aliphatic heterocycles. The second kappa shape index (κ2) is 9.54. The van der Waals surface area contributed by atoms with Crippen LogP contribution in [0.4, 0.5) is 20.6 Å². The molecule has 0 fully saturated rings. The summed E-state index contributed by atoms with van der Waals surface area (Å²) in [6.07, 6.45) is -1.38. The minimum absolute atomic E-state index is 0.0467. The normalized spacial score (nSPS) is 10.4. The average molecular weight is 444 g/mol. The monoisotopic (exact) mass is 442 g/mol. The summed E-state index contributed by atoms with van der Waals surface area (Å²) in [7, 11) is 0. The molecule has 0 heterocycles. The number of imide groups is 1. The summed E-state index contributed by atoms with van der Waals surface area (Å²) >= 11 is 8.94. The Kier molecular flexibility index (Phi) is 7.41. The van der Waals surface area contributed by atoms with Gasteiger partial charge >= 0.3 is 6.09 Å². The van der Waals surface area contributed by atoms with E-state index >= 15 is 0 Å². The molecule has 0 bridgehead atoms. The van der Waals surface area contributed by atoms with Crippen LogP contribution in [0, 0.1) is 5.82 Å². The van der Waals surface area contributed by atoms with Crippen LogP contribution >= 0.6 is 27.5 Å². The van der Waals surface area contributed by atoms with E-state index in [0.717, 1.165) is 15.1 Å². The molecule has 138 valence electrons. The molecule has 0 atom stereocenters. The maximum Gasteiger partial charge on any atom is 0.414 e. The van der Waals surface area contributed by atoms with Crippen LogP contribution in [0.25, 0.3) is 0 Å². The van der Waals surface area contributed by atoms with Gasteiger partial charge < -0.3 is 10.0 Å².